The summed E-state index contributed by atoms with van der Waals surface area (Å²) in [4.78, 5) is 33.2. The molecule has 1 atom stereocenters. The molecular formula is C19H29BrN4O3. The number of urea groups is 1. The van der Waals surface area contributed by atoms with Crippen molar-refractivity contribution in [2.45, 2.75) is 31.7 Å². The van der Waals surface area contributed by atoms with Crippen molar-refractivity contribution in [2.24, 2.45) is 0 Å². The second-order valence-electron chi connectivity index (χ2n) is 7.57. The Kier molecular flexibility index (Phi) is 6.81. The number of hydrogen-bond acceptors (Lipinski definition) is 4. The molecule has 8 heteroatoms. The molecule has 150 valence electrons. The number of nitrogens with zero attached hydrogens (tertiary/aromatic N) is 4. The highest BCUT2D eigenvalue weighted by molar-refractivity contribution is 9.10. The van der Waals surface area contributed by atoms with Gasteiger partial charge in [0.15, 0.2) is 10.4 Å². The van der Waals surface area contributed by atoms with Gasteiger partial charge in [-0.25, -0.2) is 4.79 Å². The lowest BCUT2D eigenvalue weighted by molar-refractivity contribution is 0.0741. The third-order valence-corrected chi connectivity index (χ3v) is 5.84. The third-order valence-electron chi connectivity index (χ3n) is 5.41. The highest BCUT2D eigenvalue weighted by Crippen LogP contribution is 2.22. The number of furan rings is 1. The predicted octanol–water partition coefficient (Wildman–Crippen LogP) is 2.73. The molecule has 0 radical (unpaired) electrons. The van der Waals surface area contributed by atoms with Gasteiger partial charge in [0, 0.05) is 40.3 Å². The van der Waals surface area contributed by atoms with E-state index in [-0.39, 0.29) is 18.0 Å². The minimum atomic E-state index is -0.114. The Morgan fingerprint density at radius 1 is 1.19 bits per heavy atom. The van der Waals surface area contributed by atoms with E-state index in [0.717, 1.165) is 26.1 Å². The van der Waals surface area contributed by atoms with E-state index in [4.69, 9.17) is 4.42 Å². The molecule has 7 nitrogen and oxygen atoms in total. The Bertz CT molecular complexity index is 657. The summed E-state index contributed by atoms with van der Waals surface area (Å²) in [7, 11) is 3.57. The molecule has 2 saturated heterocycles. The molecular weight excluding hydrogens is 412 g/mol. The van der Waals surface area contributed by atoms with Crippen LogP contribution in [0.3, 0.4) is 0 Å². The van der Waals surface area contributed by atoms with Crippen LogP contribution in [0.5, 0.6) is 0 Å². The van der Waals surface area contributed by atoms with Crippen LogP contribution in [-0.4, -0.2) is 90.9 Å². The number of likely N-dealkylation sites (tertiary alicyclic amines) is 2. The summed E-state index contributed by atoms with van der Waals surface area (Å²) in [6.45, 7) is 5.03. The first-order chi connectivity index (χ1) is 13.0. The summed E-state index contributed by atoms with van der Waals surface area (Å²) in [6.07, 6.45) is 4.59. The normalized spacial score (nSPS) is 20.7. The zero-order valence-corrected chi connectivity index (χ0v) is 17.8. The van der Waals surface area contributed by atoms with E-state index in [0.29, 0.717) is 30.1 Å². The average molecular weight is 441 g/mol. The largest absolute Gasteiger partial charge is 0.444 e. The Morgan fingerprint density at radius 3 is 2.56 bits per heavy atom. The van der Waals surface area contributed by atoms with E-state index in [9.17, 15) is 9.59 Å². The van der Waals surface area contributed by atoms with E-state index in [2.05, 4.69) is 20.8 Å². The van der Waals surface area contributed by atoms with Gasteiger partial charge in [0.05, 0.1) is 6.04 Å². The van der Waals surface area contributed by atoms with Gasteiger partial charge >= 0.3 is 6.03 Å². The van der Waals surface area contributed by atoms with Crippen molar-refractivity contribution in [1.29, 1.82) is 0 Å². The zero-order valence-electron chi connectivity index (χ0n) is 16.2. The summed E-state index contributed by atoms with van der Waals surface area (Å²) in [5, 5.41) is 0. The average Bonchev–Trinajstić information content (AvgIpc) is 3.31. The molecule has 3 heterocycles. The highest BCUT2D eigenvalue weighted by Gasteiger charge is 2.34. The predicted molar refractivity (Wildman–Crippen MR) is 107 cm³/mol. The standard InChI is InChI=1S/C19H29BrN4O3/c1-21(2)19(26)24(13-12-22-9-4-3-5-10-22)15-8-11-23(14-15)18(25)16-6-7-17(20)27-16/h6-7,15H,3-5,8-14H2,1-2H3. The van der Waals surface area contributed by atoms with Crippen molar-refractivity contribution in [3.05, 3.63) is 22.6 Å². The molecule has 3 amide bonds. The quantitative estimate of drug-likeness (QED) is 0.705. The highest BCUT2D eigenvalue weighted by atomic mass is 79.9. The lowest BCUT2D eigenvalue weighted by Gasteiger charge is -2.34. The molecule has 0 N–H and O–H groups in total. The van der Waals surface area contributed by atoms with Crippen molar-refractivity contribution < 1.29 is 14.0 Å². The second kappa shape index (κ2) is 9.10. The number of amides is 3. The minimum Gasteiger partial charge on any atom is -0.444 e. The summed E-state index contributed by atoms with van der Waals surface area (Å²) in [5.74, 6) is 0.220. The van der Waals surface area contributed by atoms with Crippen LogP contribution in [-0.2, 0) is 0 Å². The molecule has 0 aromatic carbocycles. The smallest absolute Gasteiger partial charge is 0.319 e. The minimum absolute atomic E-state index is 0.0204. The van der Waals surface area contributed by atoms with Crippen LogP contribution in [0.25, 0.3) is 0 Å². The van der Waals surface area contributed by atoms with Crippen molar-refractivity contribution in [3.8, 4) is 0 Å². The monoisotopic (exact) mass is 440 g/mol. The van der Waals surface area contributed by atoms with Gasteiger partial charge in [-0.05, 0) is 60.4 Å². The fourth-order valence-corrected chi connectivity index (χ4v) is 4.20. The Morgan fingerprint density at radius 2 is 1.93 bits per heavy atom. The number of hydrogen-bond donors (Lipinski definition) is 0. The van der Waals surface area contributed by atoms with E-state index in [1.807, 2.05) is 4.90 Å². The van der Waals surface area contributed by atoms with Gasteiger partial charge in [0.25, 0.3) is 5.91 Å². The van der Waals surface area contributed by atoms with E-state index in [1.54, 1.807) is 36.0 Å². The molecule has 0 spiro atoms. The maximum absolute atomic E-state index is 12.8. The number of piperidine rings is 1. The number of carbonyl (C=O) groups excluding carboxylic acids is 2. The van der Waals surface area contributed by atoms with Crippen LogP contribution in [0.1, 0.15) is 36.2 Å². The zero-order chi connectivity index (χ0) is 19.4. The van der Waals surface area contributed by atoms with Crippen LogP contribution >= 0.6 is 15.9 Å². The summed E-state index contributed by atoms with van der Waals surface area (Å²) < 4.78 is 5.94. The second-order valence-corrected chi connectivity index (χ2v) is 8.35. The lowest BCUT2D eigenvalue weighted by atomic mass is 10.1. The Hall–Kier alpha value is -1.54. The van der Waals surface area contributed by atoms with E-state index < -0.39 is 0 Å². The Labute approximate surface area is 169 Å². The molecule has 0 saturated carbocycles. The van der Waals surface area contributed by atoms with Crippen LogP contribution in [0.4, 0.5) is 4.79 Å². The maximum Gasteiger partial charge on any atom is 0.319 e. The van der Waals surface area contributed by atoms with Gasteiger partial charge in [-0.1, -0.05) is 6.42 Å². The van der Waals surface area contributed by atoms with Crippen molar-refractivity contribution >= 4 is 27.9 Å². The molecule has 1 aromatic heterocycles. The van der Waals surface area contributed by atoms with E-state index in [1.165, 1.54) is 19.3 Å². The summed E-state index contributed by atoms with van der Waals surface area (Å²) >= 11 is 3.24. The molecule has 2 fully saturated rings. The molecule has 2 aliphatic rings. The fourth-order valence-electron chi connectivity index (χ4n) is 3.89. The molecule has 0 aliphatic carbocycles. The SMILES string of the molecule is CN(C)C(=O)N(CCN1CCCCC1)C1CCN(C(=O)c2ccc(Br)o2)C1. The molecule has 1 aromatic rings. The topological polar surface area (TPSA) is 60.2 Å². The van der Waals surface area contributed by atoms with Crippen molar-refractivity contribution in [1.82, 2.24) is 19.6 Å². The van der Waals surface area contributed by atoms with Gasteiger partial charge in [-0.2, -0.15) is 0 Å². The third kappa shape index (κ3) is 5.04. The first kappa shape index (κ1) is 20.2. The van der Waals surface area contributed by atoms with Gasteiger partial charge in [-0.3, -0.25) is 4.79 Å². The van der Waals surface area contributed by atoms with Crippen LogP contribution in [0.2, 0.25) is 0 Å². The molecule has 3 rings (SSSR count). The first-order valence-corrected chi connectivity index (χ1v) is 10.5. The van der Waals surface area contributed by atoms with Gasteiger partial charge in [-0.15, -0.1) is 0 Å². The Balaban J connectivity index is 1.62. The lowest BCUT2D eigenvalue weighted by Crippen LogP contribution is -2.50. The maximum atomic E-state index is 12.8. The molecule has 27 heavy (non-hydrogen) atoms. The van der Waals surface area contributed by atoms with Gasteiger partial charge in [0.2, 0.25) is 0 Å². The van der Waals surface area contributed by atoms with Gasteiger partial charge in [0.1, 0.15) is 0 Å². The van der Waals surface area contributed by atoms with Gasteiger partial charge < -0.3 is 24.0 Å². The number of rotatable bonds is 5. The number of carbonyl (C=O) groups is 2. The van der Waals surface area contributed by atoms with Crippen LogP contribution < -0.4 is 0 Å². The summed E-state index contributed by atoms with van der Waals surface area (Å²) in [5.41, 5.74) is 0. The van der Waals surface area contributed by atoms with Crippen LogP contribution in [0, 0.1) is 0 Å². The van der Waals surface area contributed by atoms with Crippen LogP contribution in [0.15, 0.2) is 21.2 Å². The number of halogens is 1. The fraction of sp³-hybridized carbons (Fsp3) is 0.684. The van der Waals surface area contributed by atoms with Crippen molar-refractivity contribution in [3.63, 3.8) is 0 Å². The molecule has 0 bridgehead atoms. The van der Waals surface area contributed by atoms with Crippen molar-refractivity contribution in [2.75, 3.05) is 53.4 Å². The molecule has 2 aliphatic heterocycles. The molecule has 1 unspecified atom stereocenters. The van der Waals surface area contributed by atoms with E-state index >= 15 is 0 Å². The first-order valence-electron chi connectivity index (χ1n) is 9.70. The summed E-state index contributed by atoms with van der Waals surface area (Å²) in [6, 6.07) is 3.47.